The van der Waals surface area contributed by atoms with E-state index in [-0.39, 0.29) is 11.5 Å². The zero-order valence-electron chi connectivity index (χ0n) is 16.0. The molecule has 7 heteroatoms. The average Bonchev–Trinajstić information content (AvgIpc) is 3.32. The summed E-state index contributed by atoms with van der Waals surface area (Å²) in [4.78, 5) is 12.6. The number of rotatable bonds is 7. The fourth-order valence-electron chi connectivity index (χ4n) is 2.84. The van der Waals surface area contributed by atoms with E-state index < -0.39 is 0 Å². The molecule has 0 spiro atoms. The Labute approximate surface area is 172 Å². The van der Waals surface area contributed by atoms with E-state index in [0.29, 0.717) is 22.3 Å². The molecule has 29 heavy (non-hydrogen) atoms. The topological polar surface area (TPSA) is 70.2 Å². The number of furan rings is 1. The smallest absolute Gasteiger partial charge is 0.191 e. The predicted octanol–water partition coefficient (Wildman–Crippen LogP) is 5.15. The highest BCUT2D eigenvalue weighted by Crippen LogP contribution is 2.26. The standard InChI is InChI=1S/C22H19N3O3S/c1-15-19(12-13-27-15)21-23-24-22(25(21)2)29-14-20(26)16-8-10-18(11-9-16)28-17-6-4-3-5-7-17/h3-13H,14H2,1-2H3. The molecule has 0 aliphatic rings. The monoisotopic (exact) mass is 405 g/mol. The number of aryl methyl sites for hydroxylation is 1. The van der Waals surface area contributed by atoms with Gasteiger partial charge in [0.05, 0.1) is 17.6 Å². The molecular formula is C22H19N3O3S. The molecule has 2 heterocycles. The summed E-state index contributed by atoms with van der Waals surface area (Å²) in [5.41, 5.74) is 1.53. The molecule has 2 aromatic carbocycles. The highest BCUT2D eigenvalue weighted by atomic mass is 32.2. The van der Waals surface area contributed by atoms with Crippen molar-refractivity contribution in [1.29, 1.82) is 0 Å². The summed E-state index contributed by atoms with van der Waals surface area (Å²) < 4.78 is 13.0. The van der Waals surface area contributed by atoms with Gasteiger partial charge in [-0.25, -0.2) is 0 Å². The van der Waals surface area contributed by atoms with Gasteiger partial charge in [-0.1, -0.05) is 30.0 Å². The molecular weight excluding hydrogens is 386 g/mol. The molecule has 0 saturated carbocycles. The van der Waals surface area contributed by atoms with Crippen molar-refractivity contribution in [2.24, 2.45) is 7.05 Å². The van der Waals surface area contributed by atoms with E-state index in [1.165, 1.54) is 11.8 Å². The summed E-state index contributed by atoms with van der Waals surface area (Å²) in [6, 6.07) is 18.5. The second kappa shape index (κ2) is 8.36. The van der Waals surface area contributed by atoms with Gasteiger partial charge in [-0.3, -0.25) is 4.79 Å². The number of carbonyl (C=O) groups is 1. The van der Waals surface area contributed by atoms with E-state index >= 15 is 0 Å². The Balaban J connectivity index is 1.39. The van der Waals surface area contributed by atoms with Crippen LogP contribution in [0.1, 0.15) is 16.1 Å². The number of hydrogen-bond acceptors (Lipinski definition) is 6. The first-order chi connectivity index (χ1) is 14.1. The zero-order valence-corrected chi connectivity index (χ0v) is 16.8. The molecule has 0 radical (unpaired) electrons. The first-order valence-corrected chi connectivity index (χ1v) is 10.0. The number of aromatic nitrogens is 3. The highest BCUT2D eigenvalue weighted by molar-refractivity contribution is 7.99. The van der Waals surface area contributed by atoms with Gasteiger partial charge < -0.3 is 13.7 Å². The van der Waals surface area contributed by atoms with Crippen molar-refractivity contribution < 1.29 is 13.9 Å². The van der Waals surface area contributed by atoms with Crippen LogP contribution in [0.4, 0.5) is 0 Å². The molecule has 0 amide bonds. The van der Waals surface area contributed by atoms with Gasteiger partial charge in [0.15, 0.2) is 16.8 Å². The van der Waals surface area contributed by atoms with Crippen molar-refractivity contribution in [2.75, 3.05) is 5.75 Å². The van der Waals surface area contributed by atoms with Gasteiger partial charge in [0.2, 0.25) is 0 Å². The minimum atomic E-state index is 0.0188. The van der Waals surface area contributed by atoms with Gasteiger partial charge in [-0.2, -0.15) is 0 Å². The van der Waals surface area contributed by atoms with Crippen LogP contribution in [0.3, 0.4) is 0 Å². The van der Waals surface area contributed by atoms with Gasteiger partial charge >= 0.3 is 0 Å². The lowest BCUT2D eigenvalue weighted by molar-refractivity contribution is 0.102. The van der Waals surface area contributed by atoms with Crippen LogP contribution >= 0.6 is 11.8 Å². The van der Waals surface area contributed by atoms with E-state index in [9.17, 15) is 4.79 Å². The summed E-state index contributed by atoms with van der Waals surface area (Å²) in [7, 11) is 1.88. The van der Waals surface area contributed by atoms with Crippen molar-refractivity contribution >= 4 is 17.5 Å². The number of carbonyl (C=O) groups excluding carboxylic acids is 1. The van der Waals surface area contributed by atoms with Crippen LogP contribution in [0.25, 0.3) is 11.4 Å². The molecule has 0 N–H and O–H groups in total. The summed E-state index contributed by atoms with van der Waals surface area (Å²) in [5.74, 6) is 3.24. The highest BCUT2D eigenvalue weighted by Gasteiger charge is 2.16. The van der Waals surface area contributed by atoms with E-state index in [1.807, 2.05) is 54.9 Å². The van der Waals surface area contributed by atoms with Crippen molar-refractivity contribution in [3.05, 3.63) is 78.3 Å². The first-order valence-electron chi connectivity index (χ1n) is 9.04. The van der Waals surface area contributed by atoms with Crippen molar-refractivity contribution in [1.82, 2.24) is 14.8 Å². The Morgan fingerprint density at radius 1 is 1.03 bits per heavy atom. The van der Waals surface area contributed by atoms with Crippen LogP contribution in [0.15, 0.2) is 76.5 Å². The van der Waals surface area contributed by atoms with E-state index in [4.69, 9.17) is 9.15 Å². The molecule has 4 rings (SSSR count). The second-order valence-corrected chi connectivity index (χ2v) is 7.35. The average molecular weight is 405 g/mol. The summed E-state index contributed by atoms with van der Waals surface area (Å²) in [6.45, 7) is 1.88. The minimum Gasteiger partial charge on any atom is -0.469 e. The molecule has 4 aromatic rings. The van der Waals surface area contributed by atoms with Crippen LogP contribution in [-0.4, -0.2) is 26.3 Å². The van der Waals surface area contributed by atoms with E-state index in [0.717, 1.165) is 17.1 Å². The quantitative estimate of drug-likeness (QED) is 0.313. The van der Waals surface area contributed by atoms with Crippen LogP contribution in [-0.2, 0) is 7.05 Å². The van der Waals surface area contributed by atoms with Crippen LogP contribution in [0.5, 0.6) is 11.5 Å². The molecule has 0 fully saturated rings. The molecule has 0 unspecified atom stereocenters. The van der Waals surface area contributed by atoms with Gasteiger partial charge in [-0.15, -0.1) is 10.2 Å². The molecule has 6 nitrogen and oxygen atoms in total. The number of nitrogens with zero attached hydrogens (tertiary/aromatic N) is 3. The van der Waals surface area contributed by atoms with Crippen LogP contribution in [0, 0.1) is 6.92 Å². The van der Waals surface area contributed by atoms with Crippen LogP contribution in [0.2, 0.25) is 0 Å². The third kappa shape index (κ3) is 4.25. The SMILES string of the molecule is Cc1occc1-c1nnc(SCC(=O)c2ccc(Oc3ccccc3)cc2)n1C. The van der Waals surface area contributed by atoms with Gasteiger partial charge in [-0.05, 0) is 49.4 Å². The fourth-order valence-corrected chi connectivity index (χ4v) is 3.64. The molecule has 0 aliphatic carbocycles. The predicted molar refractivity (Wildman–Crippen MR) is 111 cm³/mol. The zero-order chi connectivity index (χ0) is 20.2. The minimum absolute atomic E-state index is 0.0188. The first kappa shape index (κ1) is 19.0. The number of Topliss-reactive ketones (excluding diaryl/α,β-unsaturated/α-hetero) is 1. The number of ketones is 1. The maximum atomic E-state index is 12.6. The Morgan fingerprint density at radius 2 is 1.76 bits per heavy atom. The van der Waals surface area contributed by atoms with Crippen molar-refractivity contribution in [3.63, 3.8) is 0 Å². The number of ether oxygens (including phenoxy) is 1. The molecule has 2 aromatic heterocycles. The lowest BCUT2D eigenvalue weighted by atomic mass is 10.1. The lowest BCUT2D eigenvalue weighted by Gasteiger charge is -2.06. The lowest BCUT2D eigenvalue weighted by Crippen LogP contribution is -2.04. The fraction of sp³-hybridized carbons (Fsp3) is 0.136. The second-order valence-electron chi connectivity index (χ2n) is 6.41. The molecule has 146 valence electrons. The Hall–Kier alpha value is -3.32. The Bertz CT molecular complexity index is 1120. The van der Waals surface area contributed by atoms with E-state index in [1.54, 1.807) is 30.5 Å². The molecule has 0 saturated heterocycles. The van der Waals surface area contributed by atoms with Crippen molar-refractivity contribution in [2.45, 2.75) is 12.1 Å². The third-order valence-electron chi connectivity index (χ3n) is 4.42. The number of para-hydroxylation sites is 1. The van der Waals surface area contributed by atoms with Crippen LogP contribution < -0.4 is 4.74 Å². The van der Waals surface area contributed by atoms with Gasteiger partial charge in [0, 0.05) is 12.6 Å². The summed E-state index contributed by atoms with van der Waals surface area (Å²) in [5, 5.41) is 9.11. The summed E-state index contributed by atoms with van der Waals surface area (Å²) in [6.07, 6.45) is 1.63. The summed E-state index contributed by atoms with van der Waals surface area (Å²) >= 11 is 1.36. The Kier molecular flexibility index (Phi) is 5.48. The number of hydrogen-bond donors (Lipinski definition) is 0. The third-order valence-corrected chi connectivity index (χ3v) is 5.44. The maximum Gasteiger partial charge on any atom is 0.191 e. The number of benzene rings is 2. The normalized spacial score (nSPS) is 10.8. The van der Waals surface area contributed by atoms with E-state index in [2.05, 4.69) is 10.2 Å². The van der Waals surface area contributed by atoms with Gasteiger partial charge in [0.25, 0.3) is 0 Å². The molecule has 0 bridgehead atoms. The largest absolute Gasteiger partial charge is 0.469 e. The van der Waals surface area contributed by atoms with Crippen molar-refractivity contribution in [3.8, 4) is 22.9 Å². The maximum absolute atomic E-state index is 12.6. The van der Waals surface area contributed by atoms with Gasteiger partial charge in [0.1, 0.15) is 17.3 Å². The Morgan fingerprint density at radius 3 is 2.45 bits per heavy atom. The molecule has 0 atom stereocenters. The molecule has 0 aliphatic heterocycles. The number of thioether (sulfide) groups is 1.